The standard InChI is InChI=1S/C14H27NO4/c1-4-11-18-13(16)7-6-9-15(3)10-8-14(17)19-12-5-2/h4-12H2,1-3H3. The van der Waals surface area contributed by atoms with E-state index in [2.05, 4.69) is 0 Å². The number of esters is 2. The first kappa shape index (κ1) is 17.9. The fourth-order valence-electron chi connectivity index (χ4n) is 1.46. The van der Waals surface area contributed by atoms with Gasteiger partial charge in [-0.1, -0.05) is 13.8 Å². The van der Waals surface area contributed by atoms with Gasteiger partial charge in [-0.05, 0) is 32.9 Å². The molecule has 0 aromatic rings. The summed E-state index contributed by atoms with van der Waals surface area (Å²) in [5, 5.41) is 0. The molecular formula is C14H27NO4. The van der Waals surface area contributed by atoms with Gasteiger partial charge < -0.3 is 14.4 Å². The minimum atomic E-state index is -0.156. The number of rotatable bonds is 11. The van der Waals surface area contributed by atoms with E-state index in [4.69, 9.17) is 9.47 Å². The number of hydrogen-bond acceptors (Lipinski definition) is 5. The van der Waals surface area contributed by atoms with E-state index in [0.717, 1.165) is 25.8 Å². The summed E-state index contributed by atoms with van der Waals surface area (Å²) < 4.78 is 9.97. The average Bonchev–Trinajstić information content (AvgIpc) is 2.40. The van der Waals surface area contributed by atoms with Crippen molar-refractivity contribution in [2.45, 2.75) is 46.0 Å². The molecule has 0 atom stereocenters. The Hall–Kier alpha value is -1.10. The molecular weight excluding hydrogens is 246 g/mol. The molecule has 112 valence electrons. The second-order valence-corrected chi connectivity index (χ2v) is 4.60. The van der Waals surface area contributed by atoms with Crippen LogP contribution in [-0.2, 0) is 19.1 Å². The second kappa shape index (κ2) is 12.0. The van der Waals surface area contributed by atoms with E-state index in [1.807, 2.05) is 25.8 Å². The van der Waals surface area contributed by atoms with Crippen molar-refractivity contribution < 1.29 is 19.1 Å². The quantitative estimate of drug-likeness (QED) is 0.539. The van der Waals surface area contributed by atoms with Crippen LogP contribution in [0.25, 0.3) is 0 Å². The number of hydrogen-bond donors (Lipinski definition) is 0. The number of nitrogens with zero attached hydrogens (tertiary/aromatic N) is 1. The van der Waals surface area contributed by atoms with Gasteiger partial charge in [0.05, 0.1) is 19.6 Å². The molecule has 0 aromatic heterocycles. The molecule has 0 aromatic carbocycles. The molecule has 0 saturated heterocycles. The highest BCUT2D eigenvalue weighted by Crippen LogP contribution is 1.98. The summed E-state index contributed by atoms with van der Waals surface area (Å²) in [6, 6.07) is 0. The molecule has 5 heteroatoms. The largest absolute Gasteiger partial charge is 0.466 e. The number of ether oxygens (including phenoxy) is 2. The van der Waals surface area contributed by atoms with Gasteiger partial charge in [-0.25, -0.2) is 0 Å². The lowest BCUT2D eigenvalue weighted by atomic mass is 10.3. The Labute approximate surface area is 116 Å². The third-order valence-corrected chi connectivity index (χ3v) is 2.55. The van der Waals surface area contributed by atoms with Crippen molar-refractivity contribution in [3.8, 4) is 0 Å². The van der Waals surface area contributed by atoms with Gasteiger partial charge >= 0.3 is 11.9 Å². The minimum Gasteiger partial charge on any atom is -0.466 e. The van der Waals surface area contributed by atoms with Gasteiger partial charge in [0.1, 0.15) is 0 Å². The van der Waals surface area contributed by atoms with E-state index < -0.39 is 0 Å². The van der Waals surface area contributed by atoms with Crippen molar-refractivity contribution in [2.75, 3.05) is 33.4 Å². The van der Waals surface area contributed by atoms with Crippen molar-refractivity contribution in [1.82, 2.24) is 4.90 Å². The summed E-state index contributed by atoms with van der Waals surface area (Å²) in [6.07, 6.45) is 3.29. The van der Waals surface area contributed by atoms with E-state index in [0.29, 0.717) is 32.6 Å². The molecule has 0 fully saturated rings. The summed E-state index contributed by atoms with van der Waals surface area (Å²) in [5.74, 6) is -0.298. The molecule has 0 aliphatic rings. The highest BCUT2D eigenvalue weighted by Gasteiger charge is 2.07. The Kier molecular flexibility index (Phi) is 11.3. The first-order chi connectivity index (χ1) is 9.10. The third-order valence-electron chi connectivity index (χ3n) is 2.55. The van der Waals surface area contributed by atoms with E-state index in [-0.39, 0.29) is 11.9 Å². The van der Waals surface area contributed by atoms with Crippen LogP contribution in [0.3, 0.4) is 0 Å². The topological polar surface area (TPSA) is 55.8 Å². The van der Waals surface area contributed by atoms with Crippen molar-refractivity contribution >= 4 is 11.9 Å². The van der Waals surface area contributed by atoms with E-state index in [1.54, 1.807) is 0 Å². The van der Waals surface area contributed by atoms with Crippen LogP contribution in [-0.4, -0.2) is 50.2 Å². The minimum absolute atomic E-state index is 0.141. The van der Waals surface area contributed by atoms with Crippen LogP contribution in [0, 0.1) is 0 Å². The first-order valence-electron chi connectivity index (χ1n) is 7.09. The van der Waals surface area contributed by atoms with Crippen LogP contribution in [0.2, 0.25) is 0 Å². The van der Waals surface area contributed by atoms with Gasteiger partial charge in [0.2, 0.25) is 0 Å². The average molecular weight is 273 g/mol. The molecule has 0 saturated carbocycles. The summed E-state index contributed by atoms with van der Waals surface area (Å²) in [6.45, 7) is 6.37. The monoisotopic (exact) mass is 273 g/mol. The Morgan fingerprint density at radius 3 is 1.95 bits per heavy atom. The number of carbonyl (C=O) groups is 2. The van der Waals surface area contributed by atoms with Crippen LogP contribution >= 0.6 is 0 Å². The maximum atomic E-state index is 11.3. The van der Waals surface area contributed by atoms with E-state index in [1.165, 1.54) is 0 Å². The summed E-state index contributed by atoms with van der Waals surface area (Å²) in [5.41, 5.74) is 0. The van der Waals surface area contributed by atoms with E-state index >= 15 is 0 Å². The van der Waals surface area contributed by atoms with Crippen molar-refractivity contribution in [2.24, 2.45) is 0 Å². The molecule has 0 bridgehead atoms. The first-order valence-corrected chi connectivity index (χ1v) is 7.09. The molecule has 0 radical (unpaired) electrons. The summed E-state index contributed by atoms with van der Waals surface area (Å²) >= 11 is 0. The Balaban J connectivity index is 3.51. The zero-order valence-electron chi connectivity index (χ0n) is 12.4. The molecule has 0 N–H and O–H groups in total. The van der Waals surface area contributed by atoms with Gasteiger partial charge in [-0.15, -0.1) is 0 Å². The van der Waals surface area contributed by atoms with Gasteiger partial charge in [-0.2, -0.15) is 0 Å². The van der Waals surface area contributed by atoms with Crippen LogP contribution < -0.4 is 0 Å². The molecule has 0 heterocycles. The Morgan fingerprint density at radius 2 is 1.42 bits per heavy atom. The lowest BCUT2D eigenvalue weighted by molar-refractivity contribution is -0.145. The Bertz CT molecular complexity index is 256. The smallest absolute Gasteiger partial charge is 0.307 e. The van der Waals surface area contributed by atoms with Crippen LogP contribution in [0.5, 0.6) is 0 Å². The molecule has 0 amide bonds. The normalized spacial score (nSPS) is 10.5. The second-order valence-electron chi connectivity index (χ2n) is 4.60. The maximum Gasteiger partial charge on any atom is 0.307 e. The lowest BCUT2D eigenvalue weighted by Crippen LogP contribution is -2.24. The molecule has 0 aliphatic heterocycles. The van der Waals surface area contributed by atoms with Crippen LogP contribution in [0.4, 0.5) is 0 Å². The van der Waals surface area contributed by atoms with Gasteiger partial charge in [0.15, 0.2) is 0 Å². The fraction of sp³-hybridized carbons (Fsp3) is 0.857. The number of carbonyl (C=O) groups excluding carboxylic acids is 2. The molecule has 0 spiro atoms. The van der Waals surface area contributed by atoms with Crippen LogP contribution in [0.1, 0.15) is 46.0 Å². The highest BCUT2D eigenvalue weighted by molar-refractivity contribution is 5.69. The van der Waals surface area contributed by atoms with Gasteiger partial charge in [-0.3, -0.25) is 9.59 Å². The molecule has 0 unspecified atom stereocenters. The molecule has 0 rings (SSSR count). The summed E-state index contributed by atoms with van der Waals surface area (Å²) in [4.78, 5) is 24.6. The Morgan fingerprint density at radius 1 is 0.895 bits per heavy atom. The predicted octanol–water partition coefficient (Wildman–Crippen LogP) is 1.99. The van der Waals surface area contributed by atoms with Crippen molar-refractivity contribution in [1.29, 1.82) is 0 Å². The maximum absolute atomic E-state index is 11.3. The van der Waals surface area contributed by atoms with Crippen LogP contribution in [0.15, 0.2) is 0 Å². The van der Waals surface area contributed by atoms with E-state index in [9.17, 15) is 9.59 Å². The predicted molar refractivity (Wildman–Crippen MR) is 73.8 cm³/mol. The molecule has 5 nitrogen and oxygen atoms in total. The zero-order chi connectivity index (χ0) is 14.5. The third kappa shape index (κ3) is 11.7. The fourth-order valence-corrected chi connectivity index (χ4v) is 1.46. The lowest BCUT2D eigenvalue weighted by Gasteiger charge is -2.15. The highest BCUT2D eigenvalue weighted by atomic mass is 16.5. The zero-order valence-corrected chi connectivity index (χ0v) is 12.4. The SMILES string of the molecule is CCCOC(=O)CCCN(C)CCC(=O)OCCC. The molecule has 19 heavy (non-hydrogen) atoms. The van der Waals surface area contributed by atoms with Crippen molar-refractivity contribution in [3.05, 3.63) is 0 Å². The van der Waals surface area contributed by atoms with Gasteiger partial charge in [0.25, 0.3) is 0 Å². The molecule has 0 aliphatic carbocycles. The van der Waals surface area contributed by atoms with Crippen molar-refractivity contribution in [3.63, 3.8) is 0 Å². The van der Waals surface area contributed by atoms with Gasteiger partial charge in [0, 0.05) is 13.0 Å². The summed E-state index contributed by atoms with van der Waals surface area (Å²) in [7, 11) is 1.93.